The molecule has 2 N–H and O–H groups in total. The molecule has 7 heteroatoms. The zero-order valence-electron chi connectivity index (χ0n) is 8.91. The number of hydrogen-bond donors (Lipinski definition) is 1. The fourth-order valence-electron chi connectivity index (χ4n) is 1.18. The Morgan fingerprint density at radius 3 is 2.71 bits per heavy atom. The largest absolute Gasteiger partial charge is 0.484 e. The van der Waals surface area contributed by atoms with Gasteiger partial charge in [0, 0.05) is 12.1 Å². The maximum Gasteiger partial charge on any atom is 0.167 e. The second-order valence-electron chi connectivity index (χ2n) is 3.39. The lowest BCUT2D eigenvalue weighted by Crippen LogP contribution is -2.01. The first-order chi connectivity index (χ1) is 8.08. The Morgan fingerprint density at radius 2 is 2.06 bits per heavy atom. The monoisotopic (exact) mass is 241 g/mol. The van der Waals surface area contributed by atoms with Crippen molar-refractivity contribution in [3.8, 4) is 5.75 Å². The Morgan fingerprint density at radius 1 is 1.29 bits per heavy atom. The first-order valence-electron chi connectivity index (χ1n) is 4.73. The molecule has 0 aliphatic heterocycles. The molecule has 0 bridgehead atoms. The smallest absolute Gasteiger partial charge is 0.167 e. The van der Waals surface area contributed by atoms with Crippen LogP contribution in [-0.2, 0) is 6.61 Å². The highest BCUT2D eigenvalue weighted by Crippen LogP contribution is 2.23. The first kappa shape index (κ1) is 11.3. The maximum absolute atomic E-state index is 13.3. The molecular formula is C10H9F2N3O2. The van der Waals surface area contributed by atoms with Gasteiger partial charge in [0.15, 0.2) is 11.6 Å². The van der Waals surface area contributed by atoms with Gasteiger partial charge in [-0.1, -0.05) is 10.3 Å². The molecule has 0 radical (unpaired) electrons. The van der Waals surface area contributed by atoms with Crippen LogP contribution in [0.5, 0.6) is 5.75 Å². The highest BCUT2D eigenvalue weighted by Gasteiger charge is 2.11. The van der Waals surface area contributed by atoms with Crippen molar-refractivity contribution in [3.05, 3.63) is 35.2 Å². The van der Waals surface area contributed by atoms with Gasteiger partial charge in [0.1, 0.15) is 23.8 Å². The number of benzene rings is 1. The zero-order chi connectivity index (χ0) is 12.4. The summed E-state index contributed by atoms with van der Waals surface area (Å²) in [6.45, 7) is 1.60. The molecule has 1 heterocycles. The molecule has 0 fully saturated rings. The highest BCUT2D eigenvalue weighted by molar-refractivity contribution is 5.44. The van der Waals surface area contributed by atoms with Crippen molar-refractivity contribution in [3.63, 3.8) is 0 Å². The number of nitrogen functional groups attached to an aromatic ring is 1. The summed E-state index contributed by atoms with van der Waals surface area (Å²) in [4.78, 5) is 0. The number of hydrogen-bond acceptors (Lipinski definition) is 5. The third kappa shape index (κ3) is 2.32. The predicted octanol–water partition coefficient (Wildman–Crippen LogP) is 1.82. The molecule has 0 atom stereocenters. The Balaban J connectivity index is 2.14. The number of anilines is 1. The van der Waals surface area contributed by atoms with Crippen molar-refractivity contribution in [2.24, 2.45) is 0 Å². The van der Waals surface area contributed by atoms with Crippen molar-refractivity contribution in [1.29, 1.82) is 0 Å². The van der Waals surface area contributed by atoms with Gasteiger partial charge in [-0.15, -0.1) is 0 Å². The SMILES string of the molecule is Cc1nonc1COc1cc(F)c(N)cc1F. The molecule has 2 rings (SSSR count). The number of halogens is 2. The van der Waals surface area contributed by atoms with E-state index in [1.165, 1.54) is 0 Å². The summed E-state index contributed by atoms with van der Waals surface area (Å²) < 4.78 is 35.9. The standard InChI is InChI=1S/C10H9F2N3O2/c1-5-9(15-17-14-5)4-16-10-3-6(11)8(13)2-7(10)12/h2-3H,4,13H2,1H3. The molecule has 0 spiro atoms. The number of aromatic nitrogens is 2. The van der Waals surface area contributed by atoms with E-state index < -0.39 is 11.6 Å². The number of nitrogens with two attached hydrogens (primary N) is 1. The van der Waals surface area contributed by atoms with Crippen LogP contribution < -0.4 is 10.5 Å². The lowest BCUT2D eigenvalue weighted by molar-refractivity contribution is 0.261. The van der Waals surface area contributed by atoms with Crippen LogP contribution in [0, 0.1) is 18.6 Å². The van der Waals surface area contributed by atoms with Crippen LogP contribution in [0.2, 0.25) is 0 Å². The van der Waals surface area contributed by atoms with Gasteiger partial charge in [0.2, 0.25) is 0 Å². The number of nitrogens with zero attached hydrogens (tertiary/aromatic N) is 2. The second-order valence-corrected chi connectivity index (χ2v) is 3.39. The van der Waals surface area contributed by atoms with E-state index in [0.717, 1.165) is 12.1 Å². The Bertz CT molecular complexity index is 542. The van der Waals surface area contributed by atoms with E-state index in [0.29, 0.717) is 11.4 Å². The van der Waals surface area contributed by atoms with E-state index in [9.17, 15) is 8.78 Å². The Labute approximate surface area is 95.1 Å². The number of aryl methyl sites for hydroxylation is 1. The average molecular weight is 241 g/mol. The fraction of sp³-hybridized carbons (Fsp3) is 0.200. The Hall–Kier alpha value is -2.18. The van der Waals surface area contributed by atoms with Crippen molar-refractivity contribution < 1.29 is 18.1 Å². The molecule has 0 saturated carbocycles. The highest BCUT2D eigenvalue weighted by atomic mass is 19.1. The normalized spacial score (nSPS) is 10.5. The topological polar surface area (TPSA) is 74.2 Å². The van der Waals surface area contributed by atoms with Crippen molar-refractivity contribution >= 4 is 5.69 Å². The predicted molar refractivity (Wildman–Crippen MR) is 54.1 cm³/mol. The van der Waals surface area contributed by atoms with Gasteiger partial charge in [-0.25, -0.2) is 13.4 Å². The van der Waals surface area contributed by atoms with Gasteiger partial charge in [-0.2, -0.15) is 0 Å². The van der Waals surface area contributed by atoms with Crippen LogP contribution in [0.3, 0.4) is 0 Å². The minimum atomic E-state index is -0.739. The molecular weight excluding hydrogens is 232 g/mol. The molecule has 5 nitrogen and oxygen atoms in total. The minimum absolute atomic E-state index is 0.0599. The van der Waals surface area contributed by atoms with Gasteiger partial charge < -0.3 is 10.5 Å². The van der Waals surface area contributed by atoms with Gasteiger partial charge in [0.05, 0.1) is 5.69 Å². The van der Waals surface area contributed by atoms with E-state index in [2.05, 4.69) is 14.9 Å². The summed E-state index contributed by atoms with van der Waals surface area (Å²) in [6.07, 6.45) is 0. The van der Waals surface area contributed by atoms with Crippen LogP contribution in [0.4, 0.5) is 14.5 Å². The summed E-state index contributed by atoms with van der Waals surface area (Å²) in [5.41, 5.74) is 5.87. The summed E-state index contributed by atoms with van der Waals surface area (Å²) in [6, 6.07) is 1.74. The van der Waals surface area contributed by atoms with Gasteiger partial charge >= 0.3 is 0 Å². The molecule has 0 aliphatic rings. The molecule has 0 aliphatic carbocycles. The number of rotatable bonds is 3. The summed E-state index contributed by atoms with van der Waals surface area (Å²) in [5, 5.41) is 7.08. The number of ether oxygens (including phenoxy) is 1. The molecule has 1 aromatic heterocycles. The van der Waals surface area contributed by atoms with Crippen molar-refractivity contribution in [1.82, 2.24) is 10.3 Å². The lowest BCUT2D eigenvalue weighted by Gasteiger charge is -2.06. The molecule has 17 heavy (non-hydrogen) atoms. The zero-order valence-corrected chi connectivity index (χ0v) is 8.91. The minimum Gasteiger partial charge on any atom is -0.484 e. The average Bonchev–Trinajstić information content (AvgIpc) is 2.68. The maximum atomic E-state index is 13.3. The molecule has 0 unspecified atom stereocenters. The third-order valence-corrected chi connectivity index (χ3v) is 2.16. The van der Waals surface area contributed by atoms with Crippen LogP contribution in [0.1, 0.15) is 11.4 Å². The quantitative estimate of drug-likeness (QED) is 0.829. The lowest BCUT2D eigenvalue weighted by atomic mass is 10.3. The second kappa shape index (κ2) is 4.36. The molecule has 0 saturated heterocycles. The summed E-state index contributed by atoms with van der Waals surface area (Å²) >= 11 is 0. The molecule has 1 aromatic carbocycles. The fourth-order valence-corrected chi connectivity index (χ4v) is 1.18. The van der Waals surface area contributed by atoms with E-state index in [1.54, 1.807) is 6.92 Å². The van der Waals surface area contributed by atoms with Crippen LogP contribution in [-0.4, -0.2) is 10.3 Å². The van der Waals surface area contributed by atoms with Gasteiger partial charge in [-0.05, 0) is 6.92 Å². The van der Waals surface area contributed by atoms with E-state index in [1.807, 2.05) is 0 Å². The van der Waals surface area contributed by atoms with Gasteiger partial charge in [-0.3, -0.25) is 0 Å². The summed E-state index contributed by atoms with van der Waals surface area (Å²) in [7, 11) is 0. The Kier molecular flexibility index (Phi) is 2.90. The molecule has 2 aromatic rings. The van der Waals surface area contributed by atoms with Crippen LogP contribution in [0.15, 0.2) is 16.8 Å². The molecule has 90 valence electrons. The van der Waals surface area contributed by atoms with Crippen LogP contribution >= 0.6 is 0 Å². The summed E-state index contributed by atoms with van der Waals surface area (Å²) in [5.74, 6) is -1.71. The van der Waals surface area contributed by atoms with E-state index in [-0.39, 0.29) is 18.0 Å². The van der Waals surface area contributed by atoms with Crippen molar-refractivity contribution in [2.75, 3.05) is 5.73 Å². The van der Waals surface area contributed by atoms with E-state index >= 15 is 0 Å². The van der Waals surface area contributed by atoms with Crippen molar-refractivity contribution in [2.45, 2.75) is 13.5 Å². The molecule has 0 amide bonds. The van der Waals surface area contributed by atoms with Crippen LogP contribution in [0.25, 0.3) is 0 Å². The van der Waals surface area contributed by atoms with Gasteiger partial charge in [0.25, 0.3) is 0 Å². The first-order valence-corrected chi connectivity index (χ1v) is 4.73. The van der Waals surface area contributed by atoms with E-state index in [4.69, 9.17) is 10.5 Å². The third-order valence-electron chi connectivity index (χ3n) is 2.16.